The number of halogens is 1. The summed E-state index contributed by atoms with van der Waals surface area (Å²) in [5.74, 6) is 0.106. The Morgan fingerprint density at radius 3 is 2.83 bits per heavy atom. The Bertz CT molecular complexity index is 910. The molecule has 2 aromatic heterocycles. The fourth-order valence-corrected chi connectivity index (χ4v) is 4.27. The third-order valence-electron chi connectivity index (χ3n) is 4.52. The van der Waals surface area contributed by atoms with Crippen LogP contribution in [0.3, 0.4) is 0 Å². The first-order valence-electron chi connectivity index (χ1n) is 9.64. The van der Waals surface area contributed by atoms with E-state index in [9.17, 15) is 9.67 Å². The van der Waals surface area contributed by atoms with Gasteiger partial charge in [-0.2, -0.15) is 9.97 Å². The Kier molecular flexibility index (Phi) is 6.93. The number of nitrogen functional groups attached to an aromatic ring is 1. The van der Waals surface area contributed by atoms with E-state index in [-0.39, 0.29) is 23.6 Å². The Morgan fingerprint density at radius 1 is 1.47 bits per heavy atom. The van der Waals surface area contributed by atoms with E-state index in [0.717, 1.165) is 6.42 Å². The molecule has 0 amide bonds. The summed E-state index contributed by atoms with van der Waals surface area (Å²) in [4.78, 5) is 12.4. The molecular weight excluding hydrogens is 420 g/mol. The molecule has 1 aliphatic heterocycles. The van der Waals surface area contributed by atoms with Crippen molar-refractivity contribution >= 4 is 25.4 Å². The quantitative estimate of drug-likeness (QED) is 0.548. The van der Waals surface area contributed by atoms with Gasteiger partial charge in [-0.25, -0.2) is 9.37 Å². The van der Waals surface area contributed by atoms with Gasteiger partial charge in [0.2, 0.25) is 11.8 Å². The van der Waals surface area contributed by atoms with E-state index in [4.69, 9.17) is 24.3 Å². The van der Waals surface area contributed by atoms with Crippen LogP contribution in [0.1, 0.15) is 40.3 Å². The number of nitrogens with two attached hydrogens (primary N) is 1. The van der Waals surface area contributed by atoms with Crippen molar-refractivity contribution in [3.63, 3.8) is 0 Å². The average molecular weight is 447 g/mol. The molecule has 1 aliphatic rings. The summed E-state index contributed by atoms with van der Waals surface area (Å²) in [5.41, 5.74) is 4.08. The van der Waals surface area contributed by atoms with Crippen molar-refractivity contribution in [3.8, 4) is 5.88 Å². The predicted molar refractivity (Wildman–Crippen MR) is 106 cm³/mol. The highest BCUT2D eigenvalue weighted by atomic mass is 31.1. The lowest BCUT2D eigenvalue weighted by molar-refractivity contribution is -0.0566. The van der Waals surface area contributed by atoms with Gasteiger partial charge < -0.3 is 29.4 Å². The number of hydrogen-bond acceptors (Lipinski definition) is 10. The molecule has 0 aromatic carbocycles. The van der Waals surface area contributed by atoms with Crippen molar-refractivity contribution in [2.75, 3.05) is 18.9 Å². The van der Waals surface area contributed by atoms with Crippen LogP contribution in [0.15, 0.2) is 6.33 Å². The molecule has 1 fully saturated rings. The Morgan fingerprint density at radius 2 is 2.20 bits per heavy atom. The molecule has 13 heteroatoms. The van der Waals surface area contributed by atoms with Gasteiger partial charge in [0, 0.05) is 0 Å². The van der Waals surface area contributed by atoms with Gasteiger partial charge in [-0.1, -0.05) is 6.92 Å². The number of alkyl halides is 1. The number of fused-ring (bicyclic) bond motifs is 1. The molecule has 3 rings (SSSR count). The number of aromatic nitrogens is 4. The molecule has 11 nitrogen and oxygen atoms in total. The summed E-state index contributed by atoms with van der Waals surface area (Å²) in [7, 11) is -3.01. The first kappa shape index (κ1) is 22.8. The van der Waals surface area contributed by atoms with E-state index in [1.54, 1.807) is 13.8 Å². The minimum Gasteiger partial charge on any atom is -0.476 e. The molecule has 0 bridgehead atoms. The molecule has 5 atom stereocenters. The number of ether oxygens (including phenoxy) is 2. The number of rotatable bonds is 9. The van der Waals surface area contributed by atoms with Gasteiger partial charge >= 0.3 is 8.25 Å². The van der Waals surface area contributed by atoms with Crippen LogP contribution in [-0.2, 0) is 18.3 Å². The molecular formula is C17H27FN5O6P. The second kappa shape index (κ2) is 9.11. The monoisotopic (exact) mass is 447 g/mol. The maximum atomic E-state index is 15.9. The van der Waals surface area contributed by atoms with Crippen molar-refractivity contribution in [1.29, 1.82) is 0 Å². The molecule has 30 heavy (non-hydrogen) atoms. The van der Waals surface area contributed by atoms with Crippen molar-refractivity contribution in [1.82, 2.24) is 19.5 Å². The summed E-state index contributed by atoms with van der Waals surface area (Å²) in [6.45, 7) is 6.37. The zero-order chi connectivity index (χ0) is 22.1. The third-order valence-corrected chi connectivity index (χ3v) is 5.63. The maximum absolute atomic E-state index is 15.9. The minimum absolute atomic E-state index is 0.0733. The van der Waals surface area contributed by atoms with Crippen LogP contribution in [0.25, 0.3) is 11.2 Å². The van der Waals surface area contributed by atoms with E-state index >= 15 is 4.39 Å². The second-order valence-electron chi connectivity index (χ2n) is 7.38. The van der Waals surface area contributed by atoms with Crippen molar-refractivity contribution in [2.24, 2.45) is 0 Å². The predicted octanol–water partition coefficient (Wildman–Crippen LogP) is 2.02. The summed E-state index contributed by atoms with van der Waals surface area (Å²) >= 11 is 0. The van der Waals surface area contributed by atoms with Crippen molar-refractivity contribution in [3.05, 3.63) is 6.33 Å². The molecule has 1 unspecified atom stereocenters. The Balaban J connectivity index is 1.96. The van der Waals surface area contributed by atoms with Gasteiger partial charge in [0.25, 0.3) is 0 Å². The average Bonchev–Trinajstić information content (AvgIpc) is 3.17. The van der Waals surface area contributed by atoms with Gasteiger partial charge in [-0.05, 0) is 27.2 Å². The van der Waals surface area contributed by atoms with Crippen LogP contribution >= 0.6 is 8.25 Å². The largest absolute Gasteiger partial charge is 0.476 e. The van der Waals surface area contributed by atoms with Crippen LogP contribution in [-0.4, -0.2) is 61.8 Å². The molecule has 0 radical (unpaired) electrons. The van der Waals surface area contributed by atoms with E-state index < -0.39 is 39.0 Å². The SMILES string of the molecule is CCCOc1nc(N)nc2c1ncn2[C@@H]1O[C@H](CO)[C@@H](O[PH](=O)OC(C)C)[C@@]1(C)F. The molecule has 0 saturated carbocycles. The molecule has 168 valence electrons. The lowest BCUT2D eigenvalue weighted by Gasteiger charge is -2.27. The number of nitrogens with zero attached hydrogens (tertiary/aromatic N) is 4. The van der Waals surface area contributed by atoms with Gasteiger partial charge in [0.05, 0.1) is 25.6 Å². The molecule has 2 aromatic rings. The molecule has 1 saturated heterocycles. The van der Waals surface area contributed by atoms with Crippen LogP contribution in [0.2, 0.25) is 0 Å². The van der Waals surface area contributed by atoms with Crippen LogP contribution < -0.4 is 10.5 Å². The summed E-state index contributed by atoms with van der Waals surface area (Å²) < 4.78 is 51.0. The topological polar surface area (TPSA) is 144 Å². The van der Waals surface area contributed by atoms with E-state index in [1.165, 1.54) is 17.8 Å². The van der Waals surface area contributed by atoms with Crippen molar-refractivity contribution < 1.29 is 32.6 Å². The van der Waals surface area contributed by atoms with E-state index in [2.05, 4.69) is 15.0 Å². The second-order valence-corrected chi connectivity index (χ2v) is 8.35. The fraction of sp³-hybridized carbons (Fsp3) is 0.706. The number of aliphatic hydroxyl groups excluding tert-OH is 1. The standard InChI is InChI=1S/C17H27FN5O6P/c1-5-6-26-14-11-13(21-16(19)22-14)23(8-20-11)15-17(4,18)12(10(7-24)27-15)29-30(25)28-9(2)3/h8-10,12,15,24,30H,5-7H2,1-4H3,(H2,19,21,22)/t10-,12-,15-,17-/m1/s1. The minimum atomic E-state index is -3.01. The summed E-state index contributed by atoms with van der Waals surface area (Å²) in [6.07, 6.45) is -2.01. The lowest BCUT2D eigenvalue weighted by Crippen LogP contribution is -2.41. The Hall–Kier alpha value is -1.85. The Labute approximate surface area is 173 Å². The first-order valence-corrected chi connectivity index (χ1v) is 10.9. The van der Waals surface area contributed by atoms with Gasteiger partial charge in [0.1, 0.15) is 12.2 Å². The third kappa shape index (κ3) is 4.42. The highest BCUT2D eigenvalue weighted by Gasteiger charge is 2.57. The smallest absolute Gasteiger partial charge is 0.319 e. The zero-order valence-corrected chi connectivity index (χ0v) is 18.2. The molecule has 0 spiro atoms. The molecule has 0 aliphatic carbocycles. The van der Waals surface area contributed by atoms with Crippen LogP contribution in [0.4, 0.5) is 10.3 Å². The first-order chi connectivity index (χ1) is 14.2. The van der Waals surface area contributed by atoms with Crippen LogP contribution in [0, 0.1) is 0 Å². The van der Waals surface area contributed by atoms with Crippen LogP contribution in [0.5, 0.6) is 5.88 Å². The maximum Gasteiger partial charge on any atom is 0.319 e. The zero-order valence-electron chi connectivity index (χ0n) is 17.2. The number of hydrogen-bond donors (Lipinski definition) is 2. The lowest BCUT2D eigenvalue weighted by atomic mass is 9.98. The van der Waals surface area contributed by atoms with Crippen molar-refractivity contribution in [2.45, 2.75) is 64.3 Å². The number of anilines is 1. The molecule has 3 heterocycles. The fourth-order valence-electron chi connectivity index (χ4n) is 3.24. The highest BCUT2D eigenvalue weighted by molar-refractivity contribution is 7.33. The normalized spacial score (nSPS) is 27.8. The van der Waals surface area contributed by atoms with Gasteiger partial charge in [-0.15, -0.1) is 0 Å². The van der Waals surface area contributed by atoms with E-state index in [1.807, 2.05) is 6.92 Å². The number of aliphatic hydroxyl groups is 1. The molecule has 3 N–H and O–H groups in total. The summed E-state index contributed by atoms with van der Waals surface area (Å²) in [5, 5.41) is 9.68. The number of imidazole rings is 1. The summed E-state index contributed by atoms with van der Waals surface area (Å²) in [6, 6.07) is 0. The van der Waals surface area contributed by atoms with Gasteiger partial charge in [-0.3, -0.25) is 9.13 Å². The van der Waals surface area contributed by atoms with E-state index in [0.29, 0.717) is 12.1 Å². The van der Waals surface area contributed by atoms with Gasteiger partial charge in [0.15, 0.2) is 23.1 Å². The highest BCUT2D eigenvalue weighted by Crippen LogP contribution is 2.47.